The third-order valence-corrected chi connectivity index (χ3v) is 1.50. The van der Waals surface area contributed by atoms with Crippen molar-refractivity contribution < 1.29 is 0 Å². The van der Waals surface area contributed by atoms with Gasteiger partial charge in [-0.1, -0.05) is 12.2 Å². The third-order valence-electron chi connectivity index (χ3n) is 1.50. The maximum absolute atomic E-state index is 4.17. The predicted octanol–water partition coefficient (Wildman–Crippen LogP) is 2.45. The molecule has 2 heteroatoms. The Bertz CT molecular complexity index is 198. The van der Waals surface area contributed by atoms with Gasteiger partial charge in [0.2, 0.25) is 0 Å². The maximum atomic E-state index is 4.17. The first kappa shape index (κ1) is 11.0. The van der Waals surface area contributed by atoms with Crippen LogP contribution in [0.25, 0.3) is 0 Å². The zero-order valence-electron chi connectivity index (χ0n) is 8.46. The number of likely N-dealkylation sites (N-methyl/N-ethyl adjacent to an activating group) is 1. The average molecular weight is 166 g/mol. The molecule has 0 saturated carbocycles. The van der Waals surface area contributed by atoms with Gasteiger partial charge in [0.05, 0.1) is 0 Å². The normalized spacial score (nSPS) is 10.8. The molecular formula is C10H18N2. The van der Waals surface area contributed by atoms with Crippen molar-refractivity contribution in [1.29, 1.82) is 0 Å². The molecule has 0 aromatic heterocycles. The van der Waals surface area contributed by atoms with Crippen molar-refractivity contribution in [3.05, 3.63) is 24.4 Å². The summed E-state index contributed by atoms with van der Waals surface area (Å²) in [6.45, 7) is 10.8. The summed E-state index contributed by atoms with van der Waals surface area (Å²) in [6.07, 6.45) is 3.84. The first-order valence-corrected chi connectivity index (χ1v) is 4.16. The fourth-order valence-corrected chi connectivity index (χ4v) is 0.919. The molecule has 0 atom stereocenters. The number of hydrogen-bond acceptors (Lipinski definition) is 1. The van der Waals surface area contributed by atoms with Crippen molar-refractivity contribution in [1.82, 2.24) is 4.90 Å². The summed E-state index contributed by atoms with van der Waals surface area (Å²) in [4.78, 5) is 6.17. The van der Waals surface area contributed by atoms with E-state index in [0.717, 1.165) is 12.4 Å². The van der Waals surface area contributed by atoms with Crippen molar-refractivity contribution in [3.63, 3.8) is 0 Å². The number of amidine groups is 1. The van der Waals surface area contributed by atoms with E-state index < -0.39 is 0 Å². The van der Waals surface area contributed by atoms with E-state index in [-0.39, 0.29) is 0 Å². The van der Waals surface area contributed by atoms with E-state index in [4.69, 9.17) is 0 Å². The van der Waals surface area contributed by atoms with E-state index >= 15 is 0 Å². The number of hydrogen-bond donors (Lipinski definition) is 0. The Morgan fingerprint density at radius 3 is 2.33 bits per heavy atom. The van der Waals surface area contributed by atoms with Crippen LogP contribution in [0.3, 0.4) is 0 Å². The van der Waals surface area contributed by atoms with Crippen LogP contribution in [0.5, 0.6) is 0 Å². The largest absolute Gasteiger partial charge is 0.334 e. The lowest BCUT2D eigenvalue weighted by Crippen LogP contribution is -2.23. The highest BCUT2D eigenvalue weighted by Crippen LogP contribution is 1.98. The summed E-state index contributed by atoms with van der Waals surface area (Å²) in [5, 5.41) is 0. The summed E-state index contributed by atoms with van der Waals surface area (Å²) in [5.74, 6) is 0.965. The fourth-order valence-electron chi connectivity index (χ4n) is 0.919. The molecule has 0 rings (SSSR count). The van der Waals surface area contributed by atoms with E-state index in [1.165, 1.54) is 5.57 Å². The summed E-state index contributed by atoms with van der Waals surface area (Å²) >= 11 is 0. The molecule has 0 aliphatic rings. The van der Waals surface area contributed by atoms with E-state index in [1.807, 2.05) is 11.0 Å². The second-order valence-electron chi connectivity index (χ2n) is 2.77. The van der Waals surface area contributed by atoms with Crippen LogP contribution >= 0.6 is 0 Å². The Morgan fingerprint density at radius 2 is 2.08 bits per heavy atom. The second kappa shape index (κ2) is 5.58. The number of allylic oxidation sites excluding steroid dienone is 1. The summed E-state index contributed by atoms with van der Waals surface area (Å²) < 4.78 is 0. The quantitative estimate of drug-likeness (QED) is 0.464. The second-order valence-corrected chi connectivity index (χ2v) is 2.77. The number of aliphatic imine (C=N–C) groups is 1. The van der Waals surface area contributed by atoms with Crippen LogP contribution in [-0.2, 0) is 0 Å². The van der Waals surface area contributed by atoms with Gasteiger partial charge in [0.1, 0.15) is 5.84 Å². The molecule has 0 fully saturated rings. The van der Waals surface area contributed by atoms with Crippen molar-refractivity contribution in [2.75, 3.05) is 13.6 Å². The SMILES string of the molecule is C=CN(CC)C(C=C(C)C)=NC. The minimum atomic E-state index is 0.903. The van der Waals surface area contributed by atoms with Gasteiger partial charge >= 0.3 is 0 Å². The van der Waals surface area contributed by atoms with Gasteiger partial charge in [-0.2, -0.15) is 0 Å². The van der Waals surface area contributed by atoms with Gasteiger partial charge in [-0.3, -0.25) is 4.99 Å². The molecule has 0 heterocycles. The van der Waals surface area contributed by atoms with Gasteiger partial charge in [-0.15, -0.1) is 0 Å². The molecule has 12 heavy (non-hydrogen) atoms. The van der Waals surface area contributed by atoms with Crippen molar-refractivity contribution >= 4 is 5.84 Å². The molecule has 0 aromatic rings. The molecule has 68 valence electrons. The average Bonchev–Trinajstić information content (AvgIpc) is 2.04. The Morgan fingerprint density at radius 1 is 1.50 bits per heavy atom. The number of rotatable bonds is 3. The predicted molar refractivity (Wildman–Crippen MR) is 55.4 cm³/mol. The molecule has 2 nitrogen and oxygen atoms in total. The zero-order chi connectivity index (χ0) is 9.56. The third kappa shape index (κ3) is 3.37. The minimum Gasteiger partial charge on any atom is -0.334 e. The van der Waals surface area contributed by atoms with Gasteiger partial charge in [-0.05, 0) is 33.0 Å². The van der Waals surface area contributed by atoms with Crippen LogP contribution in [0.4, 0.5) is 0 Å². The Balaban J connectivity index is 4.56. The fraction of sp³-hybridized carbons (Fsp3) is 0.500. The Labute approximate surface area is 75.3 Å². The topological polar surface area (TPSA) is 15.6 Å². The molecule has 0 spiro atoms. The van der Waals surface area contributed by atoms with Gasteiger partial charge < -0.3 is 4.90 Å². The van der Waals surface area contributed by atoms with Gasteiger partial charge in [0, 0.05) is 13.6 Å². The smallest absolute Gasteiger partial charge is 0.127 e. The number of nitrogens with zero attached hydrogens (tertiary/aromatic N) is 2. The lowest BCUT2D eigenvalue weighted by atomic mass is 10.3. The lowest BCUT2D eigenvalue weighted by Gasteiger charge is -2.17. The first-order valence-electron chi connectivity index (χ1n) is 4.16. The van der Waals surface area contributed by atoms with Gasteiger partial charge in [0.25, 0.3) is 0 Å². The van der Waals surface area contributed by atoms with E-state index in [0.29, 0.717) is 0 Å². The summed E-state index contributed by atoms with van der Waals surface area (Å²) in [5.41, 5.74) is 1.25. The van der Waals surface area contributed by atoms with Crippen LogP contribution < -0.4 is 0 Å². The van der Waals surface area contributed by atoms with Crippen molar-refractivity contribution in [2.24, 2.45) is 4.99 Å². The van der Waals surface area contributed by atoms with Crippen LogP contribution in [0, 0.1) is 0 Å². The molecule has 0 aliphatic heterocycles. The molecular weight excluding hydrogens is 148 g/mol. The van der Waals surface area contributed by atoms with Crippen molar-refractivity contribution in [2.45, 2.75) is 20.8 Å². The molecule has 0 amide bonds. The Hall–Kier alpha value is -1.05. The van der Waals surface area contributed by atoms with Crippen molar-refractivity contribution in [3.8, 4) is 0 Å². The van der Waals surface area contributed by atoms with Crippen LogP contribution in [-0.4, -0.2) is 24.3 Å². The van der Waals surface area contributed by atoms with E-state index in [9.17, 15) is 0 Å². The first-order chi connectivity index (χ1) is 5.65. The van der Waals surface area contributed by atoms with E-state index in [1.54, 1.807) is 13.2 Å². The summed E-state index contributed by atoms with van der Waals surface area (Å²) in [7, 11) is 1.79. The van der Waals surface area contributed by atoms with Crippen LogP contribution in [0.15, 0.2) is 29.4 Å². The minimum absolute atomic E-state index is 0.903. The maximum Gasteiger partial charge on any atom is 0.127 e. The van der Waals surface area contributed by atoms with Crippen LogP contribution in [0.2, 0.25) is 0 Å². The molecule has 0 unspecified atom stereocenters. The highest BCUT2D eigenvalue weighted by molar-refractivity contribution is 5.94. The molecule has 0 aromatic carbocycles. The molecule has 0 radical (unpaired) electrons. The Kier molecular flexibility index (Phi) is 5.09. The molecule has 0 saturated heterocycles. The van der Waals surface area contributed by atoms with Crippen LogP contribution in [0.1, 0.15) is 20.8 Å². The zero-order valence-corrected chi connectivity index (χ0v) is 8.46. The van der Waals surface area contributed by atoms with Gasteiger partial charge in [0.15, 0.2) is 0 Å². The molecule has 0 N–H and O–H groups in total. The monoisotopic (exact) mass is 166 g/mol. The lowest BCUT2D eigenvalue weighted by molar-refractivity contribution is 0.593. The van der Waals surface area contributed by atoms with E-state index in [2.05, 4.69) is 32.3 Å². The highest BCUT2D eigenvalue weighted by atomic mass is 15.2. The van der Waals surface area contributed by atoms with Gasteiger partial charge in [-0.25, -0.2) is 0 Å². The highest BCUT2D eigenvalue weighted by Gasteiger charge is 2.00. The standard InChI is InChI=1S/C10H18N2/c1-6-12(7-2)10(11-5)8-9(3)4/h6,8H,1,7H2,2-5H3. The molecule has 0 aliphatic carbocycles. The summed E-state index contributed by atoms with van der Waals surface area (Å²) in [6, 6.07) is 0. The molecule has 0 bridgehead atoms.